The molecule has 0 spiro atoms. The second-order valence-corrected chi connectivity index (χ2v) is 6.34. The van der Waals surface area contributed by atoms with Crippen molar-refractivity contribution < 1.29 is 9.59 Å². The summed E-state index contributed by atoms with van der Waals surface area (Å²) in [5.74, 6) is 0.0648. The largest absolute Gasteiger partial charge is 0.335 e. The molecular weight excluding hydrogens is 278 g/mol. The van der Waals surface area contributed by atoms with E-state index < -0.39 is 0 Å². The molecule has 22 heavy (non-hydrogen) atoms. The number of carbonyl (C=O) groups is 2. The lowest BCUT2D eigenvalue weighted by molar-refractivity contribution is -0.117. The maximum Gasteiger partial charge on any atom is 0.315 e. The number of hydrogen-bond acceptors (Lipinski definition) is 2. The molecular formula is C17H23N3O2. The first-order valence-corrected chi connectivity index (χ1v) is 8.06. The molecule has 2 N–H and O–H groups in total. The van der Waals surface area contributed by atoms with Crippen molar-refractivity contribution in [1.82, 2.24) is 10.6 Å². The van der Waals surface area contributed by atoms with Crippen LogP contribution in [0.25, 0.3) is 0 Å². The average Bonchev–Trinajstić information content (AvgIpc) is 3.10. The number of benzene rings is 1. The van der Waals surface area contributed by atoms with Gasteiger partial charge in [-0.15, -0.1) is 0 Å². The summed E-state index contributed by atoms with van der Waals surface area (Å²) in [5.41, 5.74) is 2.07. The van der Waals surface area contributed by atoms with Crippen molar-refractivity contribution in [2.24, 2.45) is 0 Å². The van der Waals surface area contributed by atoms with Gasteiger partial charge in [0.25, 0.3) is 0 Å². The number of hydrogen-bond donors (Lipinski definition) is 2. The van der Waals surface area contributed by atoms with Gasteiger partial charge in [-0.2, -0.15) is 0 Å². The molecule has 2 fully saturated rings. The monoisotopic (exact) mass is 301 g/mol. The molecule has 0 bridgehead atoms. The smallest absolute Gasteiger partial charge is 0.315 e. The lowest BCUT2D eigenvalue weighted by Gasteiger charge is -2.18. The van der Waals surface area contributed by atoms with Crippen molar-refractivity contribution in [3.8, 4) is 0 Å². The second kappa shape index (κ2) is 6.38. The summed E-state index contributed by atoms with van der Waals surface area (Å²) < 4.78 is 0. The van der Waals surface area contributed by atoms with E-state index in [1.165, 1.54) is 18.4 Å². The van der Waals surface area contributed by atoms with E-state index in [-0.39, 0.29) is 18.0 Å². The SMILES string of the molecule is Cc1ccc(N2C[C@H](NC(=O)NC3CCCC3)CC2=O)cc1. The molecule has 5 heteroatoms. The Morgan fingerprint density at radius 1 is 1.09 bits per heavy atom. The summed E-state index contributed by atoms with van der Waals surface area (Å²) in [6.45, 7) is 2.56. The number of urea groups is 1. The van der Waals surface area contributed by atoms with Crippen molar-refractivity contribution in [2.75, 3.05) is 11.4 Å². The third-order valence-electron chi connectivity index (χ3n) is 4.50. The van der Waals surface area contributed by atoms with Gasteiger partial charge >= 0.3 is 6.03 Å². The quantitative estimate of drug-likeness (QED) is 0.900. The molecule has 0 aromatic heterocycles. The highest BCUT2D eigenvalue weighted by Crippen LogP contribution is 2.22. The summed E-state index contributed by atoms with van der Waals surface area (Å²) in [4.78, 5) is 25.9. The van der Waals surface area contributed by atoms with Crippen LogP contribution in [0.1, 0.15) is 37.7 Å². The predicted octanol–water partition coefficient (Wildman–Crippen LogP) is 2.34. The maximum absolute atomic E-state index is 12.2. The summed E-state index contributed by atoms with van der Waals surface area (Å²) in [6, 6.07) is 7.94. The van der Waals surface area contributed by atoms with Crippen LogP contribution in [-0.4, -0.2) is 30.6 Å². The fourth-order valence-electron chi connectivity index (χ4n) is 3.26. The van der Waals surface area contributed by atoms with Gasteiger partial charge in [-0.3, -0.25) is 4.79 Å². The number of nitrogens with one attached hydrogen (secondary N) is 2. The number of nitrogens with zero attached hydrogens (tertiary/aromatic N) is 1. The van der Waals surface area contributed by atoms with Crippen LogP contribution in [0.2, 0.25) is 0 Å². The van der Waals surface area contributed by atoms with E-state index in [9.17, 15) is 9.59 Å². The lowest BCUT2D eigenvalue weighted by atomic mass is 10.2. The average molecular weight is 301 g/mol. The molecule has 0 radical (unpaired) electrons. The van der Waals surface area contributed by atoms with Gasteiger partial charge in [0.05, 0.1) is 6.04 Å². The summed E-state index contributed by atoms with van der Waals surface area (Å²) in [7, 11) is 0. The highest BCUT2D eigenvalue weighted by Gasteiger charge is 2.32. The molecule has 0 unspecified atom stereocenters. The standard InChI is InChI=1S/C17H23N3O2/c1-12-6-8-15(9-7-12)20-11-14(10-16(20)21)19-17(22)18-13-4-2-3-5-13/h6-9,13-14H,2-5,10-11H2,1H3,(H2,18,19,22)/t14-/m1/s1. The van der Waals surface area contributed by atoms with Crippen LogP contribution in [-0.2, 0) is 4.79 Å². The van der Waals surface area contributed by atoms with Crippen LogP contribution in [0.4, 0.5) is 10.5 Å². The van der Waals surface area contributed by atoms with Gasteiger partial charge in [0.1, 0.15) is 0 Å². The minimum absolute atomic E-state index is 0.0648. The molecule has 1 saturated carbocycles. The van der Waals surface area contributed by atoms with Gasteiger partial charge in [-0.25, -0.2) is 4.79 Å². The summed E-state index contributed by atoms with van der Waals surface area (Å²) in [5, 5.41) is 5.94. The minimum Gasteiger partial charge on any atom is -0.335 e. The van der Waals surface area contributed by atoms with Gasteiger partial charge in [-0.05, 0) is 31.9 Å². The molecule has 1 saturated heterocycles. The molecule has 1 aliphatic carbocycles. The van der Waals surface area contributed by atoms with Crippen molar-refractivity contribution in [2.45, 2.75) is 51.1 Å². The third kappa shape index (κ3) is 3.40. The molecule has 2 aliphatic rings. The number of amides is 3. The van der Waals surface area contributed by atoms with Gasteiger partial charge in [0.15, 0.2) is 0 Å². The van der Waals surface area contributed by atoms with Gasteiger partial charge < -0.3 is 15.5 Å². The van der Waals surface area contributed by atoms with Crippen LogP contribution in [0.15, 0.2) is 24.3 Å². The first-order chi connectivity index (χ1) is 10.6. The zero-order chi connectivity index (χ0) is 15.5. The van der Waals surface area contributed by atoms with Crippen LogP contribution in [0, 0.1) is 6.92 Å². The summed E-state index contributed by atoms with van der Waals surface area (Å²) in [6.07, 6.45) is 4.87. The molecule has 118 valence electrons. The highest BCUT2D eigenvalue weighted by molar-refractivity contribution is 5.96. The number of anilines is 1. The maximum atomic E-state index is 12.2. The zero-order valence-electron chi connectivity index (χ0n) is 13.0. The first-order valence-electron chi connectivity index (χ1n) is 8.06. The number of aryl methyl sites for hydroxylation is 1. The molecule has 1 atom stereocenters. The van der Waals surface area contributed by atoms with E-state index in [2.05, 4.69) is 10.6 Å². The molecule has 1 aliphatic heterocycles. The van der Waals surface area contributed by atoms with E-state index in [0.29, 0.717) is 19.0 Å². The molecule has 3 amide bonds. The van der Waals surface area contributed by atoms with Crippen LogP contribution >= 0.6 is 0 Å². The lowest BCUT2D eigenvalue weighted by Crippen LogP contribution is -2.46. The van der Waals surface area contributed by atoms with Crippen LogP contribution in [0.3, 0.4) is 0 Å². The summed E-state index contributed by atoms with van der Waals surface area (Å²) >= 11 is 0. The van der Waals surface area contributed by atoms with Gasteiger partial charge in [0, 0.05) is 24.7 Å². The topological polar surface area (TPSA) is 61.4 Å². The van der Waals surface area contributed by atoms with Crippen molar-refractivity contribution >= 4 is 17.6 Å². The normalized spacial score (nSPS) is 22.1. The van der Waals surface area contributed by atoms with Crippen molar-refractivity contribution in [3.05, 3.63) is 29.8 Å². The van der Waals surface area contributed by atoms with Gasteiger partial charge in [0.2, 0.25) is 5.91 Å². The van der Waals surface area contributed by atoms with E-state index in [4.69, 9.17) is 0 Å². The Labute approximate surface area is 131 Å². The Balaban J connectivity index is 1.55. The van der Waals surface area contributed by atoms with Crippen molar-refractivity contribution in [1.29, 1.82) is 0 Å². The van der Waals surface area contributed by atoms with E-state index in [1.807, 2.05) is 31.2 Å². The third-order valence-corrected chi connectivity index (χ3v) is 4.50. The number of carbonyl (C=O) groups excluding carboxylic acids is 2. The highest BCUT2D eigenvalue weighted by atomic mass is 16.2. The first kappa shape index (κ1) is 14.9. The Morgan fingerprint density at radius 3 is 2.41 bits per heavy atom. The molecule has 1 aromatic carbocycles. The molecule has 3 rings (SSSR count). The zero-order valence-corrected chi connectivity index (χ0v) is 13.0. The minimum atomic E-state index is -0.143. The van der Waals surface area contributed by atoms with E-state index in [1.54, 1.807) is 4.90 Å². The van der Waals surface area contributed by atoms with Gasteiger partial charge in [-0.1, -0.05) is 30.5 Å². The Hall–Kier alpha value is -2.04. The van der Waals surface area contributed by atoms with Crippen molar-refractivity contribution in [3.63, 3.8) is 0 Å². The van der Waals surface area contributed by atoms with Crippen LogP contribution in [0.5, 0.6) is 0 Å². The molecule has 1 heterocycles. The van der Waals surface area contributed by atoms with E-state index in [0.717, 1.165) is 18.5 Å². The second-order valence-electron chi connectivity index (χ2n) is 6.34. The van der Waals surface area contributed by atoms with Crippen LogP contribution < -0.4 is 15.5 Å². The Morgan fingerprint density at radius 2 is 1.73 bits per heavy atom. The number of rotatable bonds is 3. The predicted molar refractivity (Wildman–Crippen MR) is 85.9 cm³/mol. The fourth-order valence-corrected chi connectivity index (χ4v) is 3.26. The Bertz CT molecular complexity index is 550. The van der Waals surface area contributed by atoms with E-state index >= 15 is 0 Å². The molecule has 5 nitrogen and oxygen atoms in total. The fraction of sp³-hybridized carbons (Fsp3) is 0.529. The molecule has 1 aromatic rings. The Kier molecular flexibility index (Phi) is 4.32.